The summed E-state index contributed by atoms with van der Waals surface area (Å²) < 4.78 is 9.19. The molecule has 3 heterocycles. The van der Waals surface area contributed by atoms with Crippen molar-refractivity contribution < 1.29 is 9.53 Å². The average Bonchev–Trinajstić information content (AvgIpc) is 3.59. The third-order valence-corrected chi connectivity index (χ3v) is 6.06. The summed E-state index contributed by atoms with van der Waals surface area (Å²) in [5, 5.41) is 10.5. The summed E-state index contributed by atoms with van der Waals surface area (Å²) in [5.74, 6) is 2.12. The standard InChI is InChI=1S/C26H23N7O3/c1-32-23-21(13-14-27-24(23)30-26(32)35)36-19-11-9-17(10-12-19)28-25(34)29-22-15-20(16-7-8-16)31-33(22)18-5-3-2-4-6-18/h2-6,9-16H,7-8H2,1H3,(H,27,30,35)(H2,28,29,34). The Kier molecular flexibility index (Phi) is 5.25. The number of hydrogen-bond acceptors (Lipinski definition) is 5. The summed E-state index contributed by atoms with van der Waals surface area (Å²) in [6, 6.07) is 20.0. The zero-order chi connectivity index (χ0) is 24.6. The van der Waals surface area contributed by atoms with Gasteiger partial charge in [-0.05, 0) is 49.2 Å². The molecule has 0 spiro atoms. The summed E-state index contributed by atoms with van der Waals surface area (Å²) in [6.45, 7) is 0. The van der Waals surface area contributed by atoms with Crippen LogP contribution in [-0.4, -0.2) is 30.3 Å². The molecule has 1 fully saturated rings. The van der Waals surface area contributed by atoms with E-state index in [9.17, 15) is 9.59 Å². The number of benzene rings is 2. The SMILES string of the molecule is Cn1c(=O)[nH]c2nccc(Oc3ccc(NC(=O)Nc4cc(C5CC5)nn4-c4ccccc4)cc3)c21. The molecule has 10 nitrogen and oxygen atoms in total. The van der Waals surface area contributed by atoms with E-state index in [4.69, 9.17) is 9.84 Å². The molecular weight excluding hydrogens is 458 g/mol. The van der Waals surface area contributed by atoms with Crippen LogP contribution in [0.25, 0.3) is 16.9 Å². The van der Waals surface area contributed by atoms with Gasteiger partial charge in [-0.25, -0.2) is 19.3 Å². The van der Waals surface area contributed by atoms with E-state index < -0.39 is 0 Å². The van der Waals surface area contributed by atoms with Crippen LogP contribution in [0.5, 0.6) is 11.5 Å². The number of carbonyl (C=O) groups excluding carboxylic acids is 1. The zero-order valence-electron chi connectivity index (χ0n) is 19.4. The van der Waals surface area contributed by atoms with E-state index >= 15 is 0 Å². The molecule has 1 aliphatic rings. The Bertz CT molecular complexity index is 1610. The molecule has 1 saturated carbocycles. The topological polar surface area (TPSA) is 119 Å². The molecule has 2 amide bonds. The van der Waals surface area contributed by atoms with Crippen molar-refractivity contribution >= 4 is 28.7 Å². The number of pyridine rings is 1. The maximum Gasteiger partial charge on any atom is 0.327 e. The van der Waals surface area contributed by atoms with Gasteiger partial charge in [0.1, 0.15) is 17.1 Å². The molecular formula is C26H23N7O3. The Morgan fingerprint density at radius 1 is 1.06 bits per heavy atom. The van der Waals surface area contributed by atoms with Crippen LogP contribution < -0.4 is 21.1 Å². The third-order valence-electron chi connectivity index (χ3n) is 6.06. The Morgan fingerprint density at radius 3 is 2.58 bits per heavy atom. The van der Waals surface area contributed by atoms with Crippen molar-refractivity contribution in [2.75, 3.05) is 10.6 Å². The zero-order valence-corrected chi connectivity index (χ0v) is 19.4. The maximum absolute atomic E-state index is 12.8. The minimum Gasteiger partial charge on any atom is -0.455 e. The molecule has 3 N–H and O–H groups in total. The summed E-state index contributed by atoms with van der Waals surface area (Å²) in [6.07, 6.45) is 3.82. The first-order chi connectivity index (χ1) is 17.5. The number of rotatable bonds is 6. The molecule has 0 aliphatic heterocycles. The molecule has 10 heteroatoms. The highest BCUT2D eigenvalue weighted by Crippen LogP contribution is 2.40. The largest absolute Gasteiger partial charge is 0.455 e. The van der Waals surface area contributed by atoms with Crippen LogP contribution in [0.15, 0.2) is 77.7 Å². The van der Waals surface area contributed by atoms with E-state index in [1.807, 2.05) is 36.4 Å². The minimum absolute atomic E-state index is 0.267. The second kappa shape index (κ2) is 8.73. The predicted octanol–water partition coefficient (Wildman–Crippen LogP) is 4.76. The first kappa shape index (κ1) is 21.7. The lowest BCUT2D eigenvalue weighted by Gasteiger charge is -2.11. The monoisotopic (exact) mass is 481 g/mol. The van der Waals surface area contributed by atoms with Gasteiger partial charge in [0.05, 0.1) is 11.4 Å². The molecule has 0 bridgehead atoms. The smallest absolute Gasteiger partial charge is 0.327 e. The van der Waals surface area contributed by atoms with Crippen molar-refractivity contribution in [3.05, 3.63) is 89.1 Å². The maximum atomic E-state index is 12.8. The summed E-state index contributed by atoms with van der Waals surface area (Å²) in [5.41, 5.74) is 3.23. The highest BCUT2D eigenvalue weighted by atomic mass is 16.5. The molecule has 0 radical (unpaired) electrons. The van der Waals surface area contributed by atoms with Gasteiger partial charge >= 0.3 is 11.7 Å². The van der Waals surface area contributed by atoms with Gasteiger partial charge in [0.15, 0.2) is 11.4 Å². The van der Waals surface area contributed by atoms with Crippen LogP contribution in [0.3, 0.4) is 0 Å². The fraction of sp³-hybridized carbons (Fsp3) is 0.154. The number of hydrogen-bond donors (Lipinski definition) is 3. The van der Waals surface area contributed by atoms with E-state index in [0.29, 0.717) is 40.1 Å². The van der Waals surface area contributed by atoms with Gasteiger partial charge in [0.25, 0.3) is 0 Å². The lowest BCUT2D eigenvalue weighted by Crippen LogP contribution is -2.21. The van der Waals surface area contributed by atoms with Gasteiger partial charge in [-0.1, -0.05) is 18.2 Å². The molecule has 5 aromatic rings. The average molecular weight is 482 g/mol. The van der Waals surface area contributed by atoms with Crippen LogP contribution >= 0.6 is 0 Å². The number of fused-ring (bicyclic) bond motifs is 1. The third kappa shape index (κ3) is 4.20. The highest BCUT2D eigenvalue weighted by molar-refractivity contribution is 5.99. The molecule has 0 unspecified atom stereocenters. The lowest BCUT2D eigenvalue weighted by atomic mass is 10.3. The number of aromatic nitrogens is 5. The van der Waals surface area contributed by atoms with Gasteiger partial charge in [0.2, 0.25) is 0 Å². The van der Waals surface area contributed by atoms with Gasteiger partial charge in [-0.2, -0.15) is 5.10 Å². The van der Waals surface area contributed by atoms with Gasteiger partial charge in [-0.3, -0.25) is 14.9 Å². The summed E-state index contributed by atoms with van der Waals surface area (Å²) in [7, 11) is 1.65. The number of aromatic amines is 1. The van der Waals surface area contributed by atoms with E-state index in [2.05, 4.69) is 20.6 Å². The molecule has 2 aromatic carbocycles. The predicted molar refractivity (Wildman–Crippen MR) is 136 cm³/mol. The molecule has 6 rings (SSSR count). The van der Waals surface area contributed by atoms with Crippen molar-refractivity contribution in [3.8, 4) is 17.2 Å². The van der Waals surface area contributed by atoms with E-state index in [1.54, 1.807) is 48.3 Å². The number of anilines is 2. The minimum atomic E-state index is -0.374. The first-order valence-corrected chi connectivity index (χ1v) is 11.6. The van der Waals surface area contributed by atoms with Crippen molar-refractivity contribution in [3.63, 3.8) is 0 Å². The Balaban J connectivity index is 1.16. The van der Waals surface area contributed by atoms with Crippen LogP contribution in [0.2, 0.25) is 0 Å². The quantitative estimate of drug-likeness (QED) is 0.323. The fourth-order valence-corrected chi connectivity index (χ4v) is 4.07. The number of ether oxygens (including phenoxy) is 1. The lowest BCUT2D eigenvalue weighted by molar-refractivity contribution is 0.262. The van der Waals surface area contributed by atoms with Crippen LogP contribution in [0.4, 0.5) is 16.3 Å². The van der Waals surface area contributed by atoms with Crippen LogP contribution in [0.1, 0.15) is 24.5 Å². The number of amides is 2. The Labute approximate surface area is 205 Å². The number of imidazole rings is 1. The number of nitrogens with one attached hydrogen (secondary N) is 3. The van der Waals surface area contributed by atoms with Crippen molar-refractivity contribution in [1.82, 2.24) is 24.3 Å². The van der Waals surface area contributed by atoms with Crippen LogP contribution in [-0.2, 0) is 7.05 Å². The summed E-state index contributed by atoms with van der Waals surface area (Å²) >= 11 is 0. The van der Waals surface area contributed by atoms with Crippen molar-refractivity contribution in [2.24, 2.45) is 7.05 Å². The van der Waals surface area contributed by atoms with E-state index in [0.717, 1.165) is 24.2 Å². The second-order valence-corrected chi connectivity index (χ2v) is 8.68. The molecule has 180 valence electrons. The van der Waals surface area contributed by atoms with E-state index in [-0.39, 0.29) is 11.7 Å². The second-order valence-electron chi connectivity index (χ2n) is 8.68. The number of para-hydroxylation sites is 1. The van der Waals surface area contributed by atoms with Crippen molar-refractivity contribution in [2.45, 2.75) is 18.8 Å². The van der Waals surface area contributed by atoms with Gasteiger partial charge < -0.3 is 10.1 Å². The molecule has 0 atom stereocenters. The Hall–Kier alpha value is -4.86. The molecule has 3 aromatic heterocycles. The summed E-state index contributed by atoms with van der Waals surface area (Å²) in [4.78, 5) is 31.6. The molecule has 36 heavy (non-hydrogen) atoms. The number of aryl methyl sites for hydroxylation is 1. The van der Waals surface area contributed by atoms with Crippen LogP contribution in [0, 0.1) is 0 Å². The van der Waals surface area contributed by atoms with E-state index in [1.165, 1.54) is 4.57 Å². The highest BCUT2D eigenvalue weighted by Gasteiger charge is 2.28. The molecule has 1 aliphatic carbocycles. The first-order valence-electron chi connectivity index (χ1n) is 11.6. The number of carbonyl (C=O) groups is 1. The van der Waals surface area contributed by atoms with Gasteiger partial charge in [0, 0.05) is 37.0 Å². The number of urea groups is 1. The van der Waals surface area contributed by atoms with Gasteiger partial charge in [-0.15, -0.1) is 0 Å². The van der Waals surface area contributed by atoms with Crippen molar-refractivity contribution in [1.29, 1.82) is 0 Å². The normalized spacial score (nSPS) is 13.0. The fourth-order valence-electron chi connectivity index (χ4n) is 4.07. The number of nitrogens with zero attached hydrogens (tertiary/aromatic N) is 4. The number of H-pyrrole nitrogens is 1. The Morgan fingerprint density at radius 2 is 1.83 bits per heavy atom. The molecule has 0 saturated heterocycles.